The molecule has 1 atom stereocenters. The van der Waals surface area contributed by atoms with Gasteiger partial charge in [-0.1, -0.05) is 12.1 Å². The molecule has 0 radical (unpaired) electrons. The van der Waals surface area contributed by atoms with E-state index in [9.17, 15) is 5.11 Å². The second-order valence-electron chi connectivity index (χ2n) is 6.99. The van der Waals surface area contributed by atoms with E-state index < -0.39 is 6.10 Å². The number of nitrogens with zero attached hydrogens (tertiary/aromatic N) is 4. The van der Waals surface area contributed by atoms with Crippen LogP contribution in [-0.4, -0.2) is 70.2 Å². The summed E-state index contributed by atoms with van der Waals surface area (Å²) in [5.74, 6) is 0.898. The molecule has 7 heteroatoms. The highest BCUT2D eigenvalue weighted by Gasteiger charge is 2.20. The van der Waals surface area contributed by atoms with Gasteiger partial charge in [0.15, 0.2) is 0 Å². The SMILES string of the molecule is CN(C)CCOc1ccc(CN2CCn3nc(C(O)CO)cc3C2)cc1. The van der Waals surface area contributed by atoms with Crippen LogP contribution in [0.1, 0.15) is 23.1 Å². The van der Waals surface area contributed by atoms with Crippen LogP contribution in [0, 0.1) is 0 Å². The fourth-order valence-corrected chi connectivity index (χ4v) is 3.03. The molecule has 0 amide bonds. The summed E-state index contributed by atoms with van der Waals surface area (Å²) in [6.45, 7) is 4.63. The smallest absolute Gasteiger partial charge is 0.121 e. The zero-order valence-electron chi connectivity index (χ0n) is 15.5. The Morgan fingerprint density at radius 3 is 2.69 bits per heavy atom. The molecule has 1 aliphatic rings. The number of benzene rings is 1. The summed E-state index contributed by atoms with van der Waals surface area (Å²) >= 11 is 0. The summed E-state index contributed by atoms with van der Waals surface area (Å²) in [7, 11) is 4.06. The molecule has 1 unspecified atom stereocenters. The molecular formula is C19H28N4O3. The zero-order chi connectivity index (χ0) is 18.5. The Bertz CT molecular complexity index is 699. The van der Waals surface area contributed by atoms with Crippen molar-refractivity contribution in [1.29, 1.82) is 0 Å². The van der Waals surface area contributed by atoms with E-state index >= 15 is 0 Å². The number of likely N-dealkylation sites (N-methyl/N-ethyl adjacent to an activating group) is 1. The predicted octanol–water partition coefficient (Wildman–Crippen LogP) is 0.865. The molecular weight excluding hydrogens is 332 g/mol. The highest BCUT2D eigenvalue weighted by molar-refractivity contribution is 5.27. The van der Waals surface area contributed by atoms with Crippen LogP contribution in [0.4, 0.5) is 0 Å². The zero-order valence-corrected chi connectivity index (χ0v) is 15.5. The molecule has 142 valence electrons. The van der Waals surface area contributed by atoms with Crippen molar-refractivity contribution >= 4 is 0 Å². The van der Waals surface area contributed by atoms with Gasteiger partial charge in [-0.05, 0) is 37.9 Å². The van der Waals surface area contributed by atoms with Crippen LogP contribution in [0.2, 0.25) is 0 Å². The van der Waals surface area contributed by atoms with E-state index in [1.807, 2.05) is 37.0 Å². The number of aliphatic hydroxyl groups excluding tert-OH is 2. The van der Waals surface area contributed by atoms with Gasteiger partial charge in [-0.2, -0.15) is 5.10 Å². The van der Waals surface area contributed by atoms with E-state index in [1.54, 1.807) is 0 Å². The highest BCUT2D eigenvalue weighted by atomic mass is 16.5. The Morgan fingerprint density at radius 1 is 1.23 bits per heavy atom. The molecule has 1 aromatic heterocycles. The second kappa shape index (κ2) is 8.64. The lowest BCUT2D eigenvalue weighted by Crippen LogP contribution is -2.33. The summed E-state index contributed by atoms with van der Waals surface area (Å²) in [5, 5.41) is 23.2. The van der Waals surface area contributed by atoms with Crippen LogP contribution in [-0.2, 0) is 19.6 Å². The first-order valence-electron chi connectivity index (χ1n) is 8.99. The fourth-order valence-electron chi connectivity index (χ4n) is 3.03. The average Bonchev–Trinajstić information content (AvgIpc) is 3.05. The van der Waals surface area contributed by atoms with Crippen molar-refractivity contribution in [3.05, 3.63) is 47.3 Å². The molecule has 0 fully saturated rings. The molecule has 0 saturated carbocycles. The van der Waals surface area contributed by atoms with Gasteiger partial charge < -0.3 is 19.8 Å². The molecule has 0 saturated heterocycles. The van der Waals surface area contributed by atoms with Crippen LogP contribution < -0.4 is 4.74 Å². The molecule has 1 aromatic carbocycles. The maximum absolute atomic E-state index is 9.74. The van der Waals surface area contributed by atoms with Gasteiger partial charge in [0.1, 0.15) is 18.5 Å². The van der Waals surface area contributed by atoms with Crippen LogP contribution >= 0.6 is 0 Å². The maximum atomic E-state index is 9.74. The van der Waals surface area contributed by atoms with E-state index in [1.165, 1.54) is 5.56 Å². The predicted molar refractivity (Wildman–Crippen MR) is 98.9 cm³/mol. The maximum Gasteiger partial charge on any atom is 0.121 e. The first-order chi connectivity index (χ1) is 12.5. The number of aliphatic hydroxyl groups is 2. The molecule has 3 rings (SSSR count). The van der Waals surface area contributed by atoms with E-state index in [0.29, 0.717) is 12.3 Å². The molecule has 0 aliphatic carbocycles. The van der Waals surface area contributed by atoms with Crippen molar-refractivity contribution < 1.29 is 14.9 Å². The monoisotopic (exact) mass is 360 g/mol. The molecule has 2 aromatic rings. The third-order valence-corrected chi connectivity index (χ3v) is 4.55. The summed E-state index contributed by atoms with van der Waals surface area (Å²) < 4.78 is 7.66. The van der Waals surface area contributed by atoms with Crippen LogP contribution in [0.3, 0.4) is 0 Å². The van der Waals surface area contributed by atoms with Crippen molar-refractivity contribution in [3.8, 4) is 5.75 Å². The Labute approximate surface area is 154 Å². The highest BCUT2D eigenvalue weighted by Crippen LogP contribution is 2.20. The second-order valence-corrected chi connectivity index (χ2v) is 6.99. The lowest BCUT2D eigenvalue weighted by molar-refractivity contribution is 0.0915. The Kier molecular flexibility index (Phi) is 6.26. The van der Waals surface area contributed by atoms with Gasteiger partial charge in [0.2, 0.25) is 0 Å². The Hall–Kier alpha value is -1.93. The molecule has 2 heterocycles. The van der Waals surface area contributed by atoms with Gasteiger partial charge in [0.25, 0.3) is 0 Å². The number of rotatable bonds is 8. The summed E-state index contributed by atoms with van der Waals surface area (Å²) in [4.78, 5) is 4.45. The minimum atomic E-state index is -0.901. The van der Waals surface area contributed by atoms with E-state index in [0.717, 1.165) is 44.2 Å². The van der Waals surface area contributed by atoms with Crippen LogP contribution in [0.5, 0.6) is 5.75 Å². The van der Waals surface area contributed by atoms with Gasteiger partial charge in [0.05, 0.1) is 24.5 Å². The topological polar surface area (TPSA) is 74.0 Å². The Morgan fingerprint density at radius 2 is 2.00 bits per heavy atom. The third kappa shape index (κ3) is 4.82. The third-order valence-electron chi connectivity index (χ3n) is 4.55. The number of ether oxygens (including phenoxy) is 1. The molecule has 1 aliphatic heterocycles. The van der Waals surface area contributed by atoms with Gasteiger partial charge >= 0.3 is 0 Å². The molecule has 0 spiro atoms. The first kappa shape index (κ1) is 18.8. The molecule has 0 bridgehead atoms. The largest absolute Gasteiger partial charge is 0.492 e. The Balaban J connectivity index is 1.54. The minimum Gasteiger partial charge on any atom is -0.492 e. The molecule has 2 N–H and O–H groups in total. The first-order valence-corrected chi connectivity index (χ1v) is 8.99. The van der Waals surface area contributed by atoms with E-state index in [2.05, 4.69) is 27.0 Å². The van der Waals surface area contributed by atoms with E-state index in [4.69, 9.17) is 9.84 Å². The standard InChI is InChI=1S/C19H28N4O3/c1-21(2)9-10-26-17-5-3-15(4-6-17)12-22-7-8-23-16(13-22)11-18(20-23)19(25)14-24/h3-6,11,19,24-25H,7-10,12-14H2,1-2H3. The van der Waals surface area contributed by atoms with Crippen molar-refractivity contribution in [3.63, 3.8) is 0 Å². The summed E-state index contributed by atoms with van der Waals surface area (Å²) in [5.41, 5.74) is 2.86. The normalized spacial score (nSPS) is 15.9. The van der Waals surface area contributed by atoms with Crippen molar-refractivity contribution in [2.45, 2.75) is 25.7 Å². The van der Waals surface area contributed by atoms with Crippen LogP contribution in [0.15, 0.2) is 30.3 Å². The lowest BCUT2D eigenvalue weighted by atomic mass is 10.2. The summed E-state index contributed by atoms with van der Waals surface area (Å²) in [6, 6.07) is 10.1. The van der Waals surface area contributed by atoms with Crippen molar-refractivity contribution in [2.24, 2.45) is 0 Å². The number of hydrogen-bond donors (Lipinski definition) is 2. The van der Waals surface area contributed by atoms with Gasteiger partial charge in [-0.3, -0.25) is 9.58 Å². The van der Waals surface area contributed by atoms with Gasteiger partial charge in [-0.25, -0.2) is 0 Å². The van der Waals surface area contributed by atoms with Crippen molar-refractivity contribution in [2.75, 3.05) is 40.4 Å². The van der Waals surface area contributed by atoms with Gasteiger partial charge in [-0.15, -0.1) is 0 Å². The van der Waals surface area contributed by atoms with Crippen molar-refractivity contribution in [1.82, 2.24) is 19.6 Å². The number of hydrogen-bond acceptors (Lipinski definition) is 6. The molecule has 7 nitrogen and oxygen atoms in total. The number of aromatic nitrogens is 2. The van der Waals surface area contributed by atoms with Crippen LogP contribution in [0.25, 0.3) is 0 Å². The average molecular weight is 360 g/mol. The fraction of sp³-hybridized carbons (Fsp3) is 0.526. The lowest BCUT2D eigenvalue weighted by Gasteiger charge is -2.27. The quantitative estimate of drug-likeness (QED) is 0.728. The summed E-state index contributed by atoms with van der Waals surface area (Å²) in [6.07, 6.45) is -0.901. The molecule has 26 heavy (non-hydrogen) atoms. The van der Waals surface area contributed by atoms with E-state index in [-0.39, 0.29) is 6.61 Å². The minimum absolute atomic E-state index is 0.302. The van der Waals surface area contributed by atoms with Gasteiger partial charge in [0, 0.05) is 26.2 Å². The number of fused-ring (bicyclic) bond motifs is 1.